The zero-order valence-electron chi connectivity index (χ0n) is 14.1. The summed E-state index contributed by atoms with van der Waals surface area (Å²) in [7, 11) is 0. The van der Waals surface area contributed by atoms with E-state index in [0.717, 1.165) is 43.4 Å². The van der Waals surface area contributed by atoms with Crippen LogP contribution in [0.2, 0.25) is 0 Å². The second-order valence-electron chi connectivity index (χ2n) is 7.44. The van der Waals surface area contributed by atoms with E-state index in [0.29, 0.717) is 5.75 Å². The van der Waals surface area contributed by atoms with Gasteiger partial charge in [-0.2, -0.15) is 0 Å². The quantitative estimate of drug-likeness (QED) is 0.923. The first kappa shape index (κ1) is 14.8. The maximum absolute atomic E-state index is 10.2. The molecule has 4 nitrogen and oxygen atoms in total. The van der Waals surface area contributed by atoms with E-state index >= 15 is 0 Å². The van der Waals surface area contributed by atoms with Crippen molar-refractivity contribution in [2.75, 3.05) is 0 Å². The number of ether oxygens (including phenoxy) is 1. The van der Waals surface area contributed by atoms with Crippen molar-refractivity contribution in [1.82, 2.24) is 0 Å². The van der Waals surface area contributed by atoms with Crippen LogP contribution in [0.4, 0.5) is 0 Å². The van der Waals surface area contributed by atoms with Gasteiger partial charge in [-0.1, -0.05) is 29.4 Å². The Hall–Kier alpha value is -2.49. The lowest BCUT2D eigenvalue weighted by Crippen LogP contribution is -2.36. The van der Waals surface area contributed by atoms with Gasteiger partial charge in [0.1, 0.15) is 11.7 Å². The highest BCUT2D eigenvalue weighted by Gasteiger charge is 2.44. The third-order valence-corrected chi connectivity index (χ3v) is 5.70. The van der Waals surface area contributed by atoms with E-state index in [9.17, 15) is 5.11 Å². The van der Waals surface area contributed by atoms with Crippen LogP contribution in [-0.2, 0) is 17.7 Å². The average Bonchev–Trinajstić information content (AvgIpc) is 3.20. The van der Waals surface area contributed by atoms with Gasteiger partial charge in [-0.05, 0) is 48.6 Å². The van der Waals surface area contributed by atoms with Gasteiger partial charge in [0, 0.05) is 24.8 Å². The Balaban J connectivity index is 1.34. The van der Waals surface area contributed by atoms with Gasteiger partial charge in [-0.3, -0.25) is 0 Å². The number of phenols is 1. The van der Waals surface area contributed by atoms with E-state index in [1.54, 1.807) is 6.07 Å². The predicted octanol–water partition coefficient (Wildman–Crippen LogP) is 3.99. The van der Waals surface area contributed by atoms with Crippen molar-refractivity contribution in [3.8, 4) is 11.5 Å². The van der Waals surface area contributed by atoms with Crippen LogP contribution in [0.3, 0.4) is 0 Å². The summed E-state index contributed by atoms with van der Waals surface area (Å²) in [6.07, 6.45) is 6.07. The SMILES string of the molecule is Oc1ccc(C2=NOC3(CCC3)C2)cc1OC1Cc2ccccc2C1. The largest absolute Gasteiger partial charge is 0.504 e. The maximum Gasteiger partial charge on any atom is 0.162 e. The van der Waals surface area contributed by atoms with Gasteiger partial charge < -0.3 is 14.7 Å². The minimum atomic E-state index is -0.0542. The molecular formula is C21H21NO3. The molecule has 1 spiro atoms. The second-order valence-corrected chi connectivity index (χ2v) is 7.44. The molecule has 0 saturated heterocycles. The summed E-state index contributed by atoms with van der Waals surface area (Å²) in [5, 5.41) is 14.5. The van der Waals surface area contributed by atoms with Crippen LogP contribution in [-0.4, -0.2) is 22.5 Å². The van der Waals surface area contributed by atoms with Crippen molar-refractivity contribution < 1.29 is 14.7 Å². The monoisotopic (exact) mass is 335 g/mol. The van der Waals surface area contributed by atoms with Crippen molar-refractivity contribution in [1.29, 1.82) is 0 Å². The molecule has 1 fully saturated rings. The Labute approximate surface area is 147 Å². The third kappa shape index (κ3) is 2.56. The van der Waals surface area contributed by atoms with Gasteiger partial charge in [0.15, 0.2) is 11.5 Å². The number of hydrogen-bond donors (Lipinski definition) is 1. The lowest BCUT2D eigenvalue weighted by molar-refractivity contribution is -0.0755. The predicted molar refractivity (Wildman–Crippen MR) is 95.2 cm³/mol. The molecule has 0 atom stereocenters. The van der Waals surface area contributed by atoms with Crippen molar-refractivity contribution in [2.24, 2.45) is 5.16 Å². The fraction of sp³-hybridized carbons (Fsp3) is 0.381. The minimum Gasteiger partial charge on any atom is -0.504 e. The second kappa shape index (κ2) is 5.51. The van der Waals surface area contributed by atoms with Crippen LogP contribution < -0.4 is 4.74 Å². The van der Waals surface area contributed by atoms with Crippen LogP contribution in [0.25, 0.3) is 0 Å². The lowest BCUT2D eigenvalue weighted by Gasteiger charge is -2.34. The molecule has 1 heterocycles. The summed E-state index contributed by atoms with van der Waals surface area (Å²) >= 11 is 0. The fourth-order valence-corrected chi connectivity index (χ4v) is 4.08. The first-order chi connectivity index (χ1) is 12.2. The molecular weight excluding hydrogens is 314 g/mol. The fourth-order valence-electron chi connectivity index (χ4n) is 4.08. The van der Waals surface area contributed by atoms with E-state index in [4.69, 9.17) is 9.57 Å². The lowest BCUT2D eigenvalue weighted by atomic mass is 9.76. The van der Waals surface area contributed by atoms with E-state index < -0.39 is 0 Å². The van der Waals surface area contributed by atoms with E-state index in [1.165, 1.54) is 17.5 Å². The molecule has 128 valence electrons. The molecule has 2 aromatic carbocycles. The Morgan fingerprint density at radius 2 is 1.84 bits per heavy atom. The summed E-state index contributed by atoms with van der Waals surface area (Å²) in [5.41, 5.74) is 4.56. The zero-order valence-corrected chi connectivity index (χ0v) is 14.1. The Bertz CT molecular complexity index is 829. The van der Waals surface area contributed by atoms with Crippen molar-refractivity contribution >= 4 is 5.71 Å². The molecule has 0 radical (unpaired) electrons. The molecule has 0 unspecified atom stereocenters. The Morgan fingerprint density at radius 3 is 2.48 bits per heavy atom. The Morgan fingerprint density at radius 1 is 1.08 bits per heavy atom. The third-order valence-electron chi connectivity index (χ3n) is 5.70. The molecule has 25 heavy (non-hydrogen) atoms. The van der Waals surface area contributed by atoms with Crippen LogP contribution in [0, 0.1) is 0 Å². The number of nitrogens with zero attached hydrogens (tertiary/aromatic N) is 1. The molecule has 4 heteroatoms. The smallest absolute Gasteiger partial charge is 0.162 e. The summed E-state index contributed by atoms with van der Waals surface area (Å²) < 4.78 is 6.14. The van der Waals surface area contributed by atoms with Gasteiger partial charge >= 0.3 is 0 Å². The van der Waals surface area contributed by atoms with Crippen LogP contribution in [0.15, 0.2) is 47.6 Å². The molecule has 1 N–H and O–H groups in total. The molecule has 0 aromatic heterocycles. The number of phenolic OH excluding ortho intramolecular Hbond substituents is 1. The topological polar surface area (TPSA) is 51.1 Å². The molecule has 2 aliphatic carbocycles. The number of oxime groups is 1. The first-order valence-corrected chi connectivity index (χ1v) is 9.03. The van der Waals surface area contributed by atoms with E-state index in [2.05, 4.69) is 29.4 Å². The summed E-state index contributed by atoms with van der Waals surface area (Å²) in [6.45, 7) is 0. The number of fused-ring (bicyclic) bond motifs is 1. The summed E-state index contributed by atoms with van der Waals surface area (Å²) in [6, 6.07) is 13.9. The highest BCUT2D eigenvalue weighted by Crippen LogP contribution is 2.43. The Kier molecular flexibility index (Phi) is 3.27. The number of benzene rings is 2. The number of aromatic hydroxyl groups is 1. The first-order valence-electron chi connectivity index (χ1n) is 9.03. The highest BCUT2D eigenvalue weighted by molar-refractivity contribution is 6.02. The van der Waals surface area contributed by atoms with Gasteiger partial charge in [-0.25, -0.2) is 0 Å². The van der Waals surface area contributed by atoms with Crippen molar-refractivity contribution in [2.45, 2.75) is 50.2 Å². The van der Waals surface area contributed by atoms with Gasteiger partial charge in [0.25, 0.3) is 0 Å². The van der Waals surface area contributed by atoms with Gasteiger partial charge in [-0.15, -0.1) is 0 Å². The maximum atomic E-state index is 10.2. The normalized spacial score (nSPS) is 20.7. The van der Waals surface area contributed by atoms with Crippen LogP contribution >= 0.6 is 0 Å². The van der Waals surface area contributed by atoms with Crippen molar-refractivity contribution in [3.05, 3.63) is 59.2 Å². The molecule has 3 aliphatic rings. The van der Waals surface area contributed by atoms with E-state index in [1.807, 2.05) is 12.1 Å². The van der Waals surface area contributed by atoms with Gasteiger partial charge in [0.05, 0.1) is 5.71 Å². The summed E-state index contributed by atoms with van der Waals surface area (Å²) in [5.74, 6) is 0.713. The van der Waals surface area contributed by atoms with E-state index in [-0.39, 0.29) is 17.5 Å². The average molecular weight is 335 g/mol. The number of rotatable bonds is 3. The molecule has 1 aliphatic heterocycles. The minimum absolute atomic E-state index is 0.0542. The molecule has 1 saturated carbocycles. The van der Waals surface area contributed by atoms with Crippen LogP contribution in [0.5, 0.6) is 11.5 Å². The highest BCUT2D eigenvalue weighted by atomic mass is 16.7. The molecule has 0 amide bonds. The van der Waals surface area contributed by atoms with Crippen LogP contribution in [0.1, 0.15) is 42.4 Å². The molecule has 2 aromatic rings. The van der Waals surface area contributed by atoms with Gasteiger partial charge in [0.2, 0.25) is 0 Å². The number of hydrogen-bond acceptors (Lipinski definition) is 4. The molecule has 5 rings (SSSR count). The summed E-state index contributed by atoms with van der Waals surface area (Å²) in [4.78, 5) is 5.67. The molecule has 0 bridgehead atoms. The van der Waals surface area contributed by atoms with Crippen molar-refractivity contribution in [3.63, 3.8) is 0 Å². The zero-order chi connectivity index (χ0) is 16.9. The standard InChI is InChI=1S/C21H21NO3/c23-19-7-6-16(18-13-21(25-22-18)8-3-9-21)12-20(19)24-17-10-14-4-1-2-5-15(14)11-17/h1-2,4-7,12,17,23H,3,8-11,13H2.